The van der Waals surface area contributed by atoms with Crippen LogP contribution in [0.25, 0.3) is 0 Å². The zero-order chi connectivity index (χ0) is 12.8. The lowest BCUT2D eigenvalue weighted by Crippen LogP contribution is -2.44. The molecule has 2 nitrogen and oxygen atoms in total. The maximum atomic E-state index is 3.73. The van der Waals surface area contributed by atoms with Crippen molar-refractivity contribution in [1.29, 1.82) is 0 Å². The molecule has 2 fully saturated rings. The largest absolute Gasteiger partial charge is 0.313 e. The summed E-state index contributed by atoms with van der Waals surface area (Å²) in [4.78, 5) is 2.65. The third-order valence-corrected chi connectivity index (χ3v) is 5.19. The van der Waals surface area contributed by atoms with Gasteiger partial charge in [0, 0.05) is 18.6 Å². The van der Waals surface area contributed by atoms with Gasteiger partial charge in [-0.25, -0.2) is 0 Å². The lowest BCUT2D eigenvalue weighted by molar-refractivity contribution is 0.150. The fourth-order valence-electron chi connectivity index (χ4n) is 3.75. The third-order valence-electron chi connectivity index (χ3n) is 5.19. The Bertz CT molecular complexity index is 213. The Morgan fingerprint density at radius 3 is 2.50 bits per heavy atom. The van der Waals surface area contributed by atoms with Crippen LogP contribution in [0.3, 0.4) is 0 Å². The first-order chi connectivity index (χ1) is 8.79. The van der Waals surface area contributed by atoms with Crippen molar-refractivity contribution in [2.75, 3.05) is 20.1 Å². The van der Waals surface area contributed by atoms with Crippen LogP contribution in [0.4, 0.5) is 0 Å². The van der Waals surface area contributed by atoms with E-state index in [2.05, 4.69) is 24.2 Å². The van der Waals surface area contributed by atoms with Gasteiger partial charge in [0.1, 0.15) is 0 Å². The highest BCUT2D eigenvalue weighted by atomic mass is 15.2. The minimum absolute atomic E-state index is 0.751. The number of hydrogen-bond acceptors (Lipinski definition) is 2. The SMILES string of the molecule is CCC1CCC(N(C)CC2CCCCCN2)CC1. The van der Waals surface area contributed by atoms with Crippen molar-refractivity contribution < 1.29 is 0 Å². The number of hydrogen-bond donors (Lipinski definition) is 1. The molecular formula is C16H32N2. The minimum atomic E-state index is 0.751. The molecular weight excluding hydrogens is 220 g/mol. The molecule has 0 spiro atoms. The summed E-state index contributed by atoms with van der Waals surface area (Å²) >= 11 is 0. The van der Waals surface area contributed by atoms with Crippen molar-refractivity contribution in [3.05, 3.63) is 0 Å². The van der Waals surface area contributed by atoms with Gasteiger partial charge in [0.15, 0.2) is 0 Å². The molecule has 1 atom stereocenters. The Morgan fingerprint density at radius 2 is 1.78 bits per heavy atom. The van der Waals surface area contributed by atoms with Gasteiger partial charge in [-0.15, -0.1) is 0 Å². The second-order valence-corrected chi connectivity index (χ2v) is 6.52. The van der Waals surface area contributed by atoms with Crippen molar-refractivity contribution in [2.24, 2.45) is 5.92 Å². The van der Waals surface area contributed by atoms with E-state index >= 15 is 0 Å². The Hall–Kier alpha value is -0.0800. The highest BCUT2D eigenvalue weighted by molar-refractivity contribution is 4.81. The average molecular weight is 252 g/mol. The summed E-state index contributed by atoms with van der Waals surface area (Å²) in [7, 11) is 2.35. The van der Waals surface area contributed by atoms with Gasteiger partial charge in [0.25, 0.3) is 0 Å². The first-order valence-electron chi connectivity index (χ1n) is 8.23. The predicted octanol–water partition coefficient (Wildman–Crippen LogP) is 3.42. The van der Waals surface area contributed by atoms with Crippen LogP contribution in [0.5, 0.6) is 0 Å². The van der Waals surface area contributed by atoms with E-state index < -0.39 is 0 Å². The summed E-state index contributed by atoms with van der Waals surface area (Å²) in [5.41, 5.74) is 0. The molecule has 0 aromatic rings. The highest BCUT2D eigenvalue weighted by Crippen LogP contribution is 2.29. The second kappa shape index (κ2) is 7.49. The van der Waals surface area contributed by atoms with Crippen molar-refractivity contribution in [3.8, 4) is 0 Å². The third kappa shape index (κ3) is 4.24. The van der Waals surface area contributed by atoms with Crippen LogP contribution in [0.1, 0.15) is 64.7 Å². The van der Waals surface area contributed by atoms with Gasteiger partial charge in [0.05, 0.1) is 0 Å². The molecule has 0 aromatic heterocycles. The molecule has 0 aromatic carbocycles. The molecule has 1 unspecified atom stereocenters. The van der Waals surface area contributed by atoms with Crippen LogP contribution in [0, 0.1) is 5.92 Å². The molecule has 106 valence electrons. The summed E-state index contributed by atoms with van der Waals surface area (Å²) < 4.78 is 0. The first-order valence-corrected chi connectivity index (χ1v) is 8.23. The topological polar surface area (TPSA) is 15.3 Å². The van der Waals surface area contributed by atoms with Gasteiger partial charge < -0.3 is 10.2 Å². The van der Waals surface area contributed by atoms with Crippen molar-refractivity contribution in [1.82, 2.24) is 10.2 Å². The van der Waals surface area contributed by atoms with Crippen LogP contribution in [0.15, 0.2) is 0 Å². The number of likely N-dealkylation sites (N-methyl/N-ethyl adjacent to an activating group) is 1. The van der Waals surface area contributed by atoms with E-state index in [0.29, 0.717) is 0 Å². The maximum absolute atomic E-state index is 3.73. The normalized spacial score (nSPS) is 34.5. The van der Waals surface area contributed by atoms with Crippen LogP contribution in [-0.2, 0) is 0 Å². The van der Waals surface area contributed by atoms with Gasteiger partial charge in [-0.2, -0.15) is 0 Å². The van der Waals surface area contributed by atoms with Crippen LogP contribution >= 0.6 is 0 Å². The Morgan fingerprint density at radius 1 is 1.00 bits per heavy atom. The van der Waals surface area contributed by atoms with E-state index in [1.807, 2.05) is 0 Å². The van der Waals surface area contributed by atoms with Gasteiger partial charge in [-0.1, -0.05) is 26.2 Å². The Kier molecular flexibility index (Phi) is 5.97. The van der Waals surface area contributed by atoms with E-state index in [1.54, 1.807) is 0 Å². The molecule has 0 bridgehead atoms. The Balaban J connectivity index is 1.72. The van der Waals surface area contributed by atoms with Gasteiger partial charge in [-0.05, 0) is 58.0 Å². The first kappa shape index (κ1) is 14.3. The average Bonchev–Trinajstić information content (AvgIpc) is 2.67. The maximum Gasteiger partial charge on any atom is 0.0195 e. The molecule has 2 rings (SSSR count). The van der Waals surface area contributed by atoms with Gasteiger partial charge >= 0.3 is 0 Å². The van der Waals surface area contributed by atoms with E-state index in [9.17, 15) is 0 Å². The molecule has 2 aliphatic rings. The van der Waals surface area contributed by atoms with Gasteiger partial charge in [0.2, 0.25) is 0 Å². The van der Waals surface area contributed by atoms with Crippen LogP contribution < -0.4 is 5.32 Å². The summed E-state index contributed by atoms with van der Waals surface area (Å²) in [5.74, 6) is 1.02. The van der Waals surface area contributed by atoms with Gasteiger partial charge in [-0.3, -0.25) is 0 Å². The number of nitrogens with zero attached hydrogens (tertiary/aromatic N) is 1. The molecule has 1 N–H and O–H groups in total. The molecule has 1 saturated carbocycles. The monoisotopic (exact) mass is 252 g/mol. The fraction of sp³-hybridized carbons (Fsp3) is 1.00. The molecule has 1 heterocycles. The molecule has 18 heavy (non-hydrogen) atoms. The quantitative estimate of drug-likeness (QED) is 0.825. The van der Waals surface area contributed by atoms with E-state index in [4.69, 9.17) is 0 Å². The van der Waals surface area contributed by atoms with Crippen molar-refractivity contribution >= 4 is 0 Å². The zero-order valence-corrected chi connectivity index (χ0v) is 12.5. The molecule has 1 aliphatic heterocycles. The van der Waals surface area contributed by atoms with E-state index in [-0.39, 0.29) is 0 Å². The lowest BCUT2D eigenvalue weighted by Gasteiger charge is -2.36. The smallest absolute Gasteiger partial charge is 0.0195 e. The number of nitrogens with one attached hydrogen (secondary N) is 1. The molecule has 1 aliphatic carbocycles. The second-order valence-electron chi connectivity index (χ2n) is 6.52. The summed E-state index contributed by atoms with van der Waals surface area (Å²) in [5, 5.41) is 3.73. The summed E-state index contributed by atoms with van der Waals surface area (Å²) in [6, 6.07) is 1.61. The van der Waals surface area contributed by atoms with Crippen LogP contribution in [-0.4, -0.2) is 37.1 Å². The molecule has 2 heteroatoms. The van der Waals surface area contributed by atoms with Crippen molar-refractivity contribution in [2.45, 2.75) is 76.8 Å². The summed E-state index contributed by atoms with van der Waals surface area (Å²) in [6.45, 7) is 4.85. The minimum Gasteiger partial charge on any atom is -0.313 e. The highest BCUT2D eigenvalue weighted by Gasteiger charge is 2.24. The zero-order valence-electron chi connectivity index (χ0n) is 12.5. The standard InChI is InChI=1S/C16H32N2/c1-3-14-8-10-16(11-9-14)18(2)13-15-7-5-4-6-12-17-15/h14-17H,3-13H2,1-2H3. The fourth-order valence-corrected chi connectivity index (χ4v) is 3.75. The molecule has 0 amide bonds. The number of rotatable bonds is 4. The van der Waals surface area contributed by atoms with E-state index in [1.165, 1.54) is 70.9 Å². The molecule has 0 radical (unpaired) electrons. The molecule has 1 saturated heterocycles. The predicted molar refractivity (Wildman–Crippen MR) is 78.9 cm³/mol. The van der Waals surface area contributed by atoms with Crippen LogP contribution in [0.2, 0.25) is 0 Å². The van der Waals surface area contributed by atoms with E-state index in [0.717, 1.165) is 18.0 Å². The van der Waals surface area contributed by atoms with Crippen molar-refractivity contribution in [3.63, 3.8) is 0 Å². The Labute approximate surface area is 114 Å². The summed E-state index contributed by atoms with van der Waals surface area (Å²) in [6.07, 6.45) is 12.8. The lowest BCUT2D eigenvalue weighted by atomic mass is 9.84.